The van der Waals surface area contributed by atoms with E-state index in [4.69, 9.17) is 16.4 Å². The van der Waals surface area contributed by atoms with Gasteiger partial charge in [-0.25, -0.2) is 12.7 Å². The zero-order valence-corrected chi connectivity index (χ0v) is 17.0. The Balaban J connectivity index is 1.86. The standard InChI is InChI=1S/C18H25ClN2O5S/c1-13(2)17(18(22)23)12-27(24,25)21-9-7-16(8-10-21)20-26-11-14-3-5-15(19)6-4-14/h3-6,13,17H,7-12H2,1-2H3,(H,22,23). The summed E-state index contributed by atoms with van der Waals surface area (Å²) in [5.74, 6) is -2.61. The number of hydrogen-bond acceptors (Lipinski definition) is 5. The Bertz CT molecular complexity index is 767. The van der Waals surface area contributed by atoms with Crippen molar-refractivity contribution in [2.45, 2.75) is 33.3 Å². The van der Waals surface area contributed by atoms with E-state index in [0.717, 1.165) is 11.3 Å². The van der Waals surface area contributed by atoms with Gasteiger partial charge in [-0.3, -0.25) is 4.79 Å². The number of carbonyl (C=O) groups is 1. The molecule has 0 bridgehead atoms. The number of sulfonamides is 1. The summed E-state index contributed by atoms with van der Waals surface area (Å²) in [5, 5.41) is 14.0. The molecular formula is C18H25ClN2O5S. The van der Waals surface area contributed by atoms with E-state index in [-0.39, 0.29) is 24.8 Å². The molecule has 1 unspecified atom stereocenters. The van der Waals surface area contributed by atoms with Gasteiger partial charge in [0.05, 0.1) is 17.4 Å². The molecule has 150 valence electrons. The molecule has 0 saturated carbocycles. The summed E-state index contributed by atoms with van der Waals surface area (Å²) >= 11 is 5.83. The highest BCUT2D eigenvalue weighted by atomic mass is 35.5. The van der Waals surface area contributed by atoms with E-state index in [1.54, 1.807) is 26.0 Å². The molecule has 1 aromatic carbocycles. The Morgan fingerprint density at radius 3 is 2.37 bits per heavy atom. The van der Waals surface area contributed by atoms with Crippen LogP contribution in [0, 0.1) is 11.8 Å². The lowest BCUT2D eigenvalue weighted by molar-refractivity contribution is -0.142. The van der Waals surface area contributed by atoms with E-state index >= 15 is 0 Å². The molecule has 27 heavy (non-hydrogen) atoms. The molecule has 1 saturated heterocycles. The molecule has 1 fully saturated rings. The fourth-order valence-electron chi connectivity index (χ4n) is 2.77. The van der Waals surface area contributed by atoms with Crippen molar-refractivity contribution in [2.75, 3.05) is 18.8 Å². The molecule has 2 rings (SSSR count). The minimum atomic E-state index is -3.62. The molecule has 0 radical (unpaired) electrons. The van der Waals surface area contributed by atoms with Crippen LogP contribution in [0.4, 0.5) is 0 Å². The van der Waals surface area contributed by atoms with Gasteiger partial charge >= 0.3 is 5.97 Å². The average Bonchev–Trinajstić information content (AvgIpc) is 2.61. The number of hydrogen-bond donors (Lipinski definition) is 1. The number of benzene rings is 1. The van der Waals surface area contributed by atoms with E-state index < -0.39 is 21.9 Å². The first kappa shape index (κ1) is 21.7. The molecule has 1 N–H and O–H groups in total. The zero-order valence-electron chi connectivity index (χ0n) is 15.5. The van der Waals surface area contributed by atoms with Crippen LogP contribution in [0.25, 0.3) is 0 Å². The molecular weight excluding hydrogens is 392 g/mol. The van der Waals surface area contributed by atoms with E-state index in [0.29, 0.717) is 24.5 Å². The fourth-order valence-corrected chi connectivity index (χ4v) is 4.83. The van der Waals surface area contributed by atoms with Gasteiger partial charge in [0.2, 0.25) is 10.0 Å². The first-order valence-corrected chi connectivity index (χ1v) is 10.8. The third-order valence-corrected chi connectivity index (χ3v) is 6.73. The second-order valence-electron chi connectivity index (χ2n) is 6.92. The number of halogens is 1. The number of aliphatic carboxylic acids is 1. The Morgan fingerprint density at radius 2 is 1.85 bits per heavy atom. The van der Waals surface area contributed by atoms with Crippen molar-refractivity contribution in [2.24, 2.45) is 17.0 Å². The van der Waals surface area contributed by atoms with Crippen molar-refractivity contribution in [1.29, 1.82) is 0 Å². The van der Waals surface area contributed by atoms with Gasteiger partial charge in [0, 0.05) is 31.0 Å². The third-order valence-electron chi connectivity index (χ3n) is 4.54. The minimum absolute atomic E-state index is 0.250. The number of carboxylic acids is 1. The maximum Gasteiger partial charge on any atom is 0.307 e. The average molecular weight is 417 g/mol. The van der Waals surface area contributed by atoms with E-state index in [9.17, 15) is 18.3 Å². The van der Waals surface area contributed by atoms with Gasteiger partial charge in [0.25, 0.3) is 0 Å². The molecule has 0 amide bonds. The lowest BCUT2D eigenvalue weighted by Crippen LogP contribution is -2.43. The molecule has 1 aliphatic heterocycles. The largest absolute Gasteiger partial charge is 0.481 e. The topological polar surface area (TPSA) is 96.3 Å². The first-order valence-electron chi connectivity index (χ1n) is 8.82. The predicted molar refractivity (Wildman–Crippen MR) is 104 cm³/mol. The molecule has 1 aromatic rings. The zero-order chi connectivity index (χ0) is 20.0. The SMILES string of the molecule is CC(C)C(CS(=O)(=O)N1CCC(=NOCc2ccc(Cl)cc2)CC1)C(=O)O. The Kier molecular flexibility index (Phi) is 7.64. The smallest absolute Gasteiger partial charge is 0.307 e. The van der Waals surface area contributed by atoms with Crippen molar-refractivity contribution >= 4 is 33.3 Å². The summed E-state index contributed by atoms with van der Waals surface area (Å²) in [4.78, 5) is 16.6. The summed E-state index contributed by atoms with van der Waals surface area (Å²) < 4.78 is 26.4. The van der Waals surface area contributed by atoms with Crippen molar-refractivity contribution in [3.8, 4) is 0 Å². The molecule has 9 heteroatoms. The highest BCUT2D eigenvalue weighted by Gasteiger charge is 2.33. The maximum atomic E-state index is 12.5. The van der Waals surface area contributed by atoms with Crippen molar-refractivity contribution < 1.29 is 23.2 Å². The van der Waals surface area contributed by atoms with Crippen LogP contribution in [0.15, 0.2) is 29.4 Å². The van der Waals surface area contributed by atoms with E-state index in [1.807, 2.05) is 12.1 Å². The maximum absolute atomic E-state index is 12.5. The van der Waals surface area contributed by atoms with E-state index in [1.165, 1.54) is 4.31 Å². The van der Waals surface area contributed by atoms with Crippen molar-refractivity contribution in [1.82, 2.24) is 4.31 Å². The van der Waals surface area contributed by atoms with Crippen LogP contribution in [-0.4, -0.2) is 48.4 Å². The highest BCUT2D eigenvalue weighted by molar-refractivity contribution is 7.89. The van der Waals surface area contributed by atoms with E-state index in [2.05, 4.69) is 5.16 Å². The second-order valence-corrected chi connectivity index (χ2v) is 9.37. The Morgan fingerprint density at radius 1 is 1.26 bits per heavy atom. The third kappa shape index (κ3) is 6.48. The molecule has 1 heterocycles. The van der Waals surface area contributed by atoms with Crippen LogP contribution in [0.3, 0.4) is 0 Å². The van der Waals surface area contributed by atoms with Gasteiger partial charge in [-0.05, 0) is 23.6 Å². The normalized spacial score (nSPS) is 17.0. The predicted octanol–water partition coefficient (Wildman–Crippen LogP) is 3.00. The summed E-state index contributed by atoms with van der Waals surface area (Å²) in [6.45, 7) is 4.32. The Labute approximate surface area is 165 Å². The molecule has 1 aliphatic rings. The quantitative estimate of drug-likeness (QED) is 0.657. The lowest BCUT2D eigenvalue weighted by Gasteiger charge is -2.28. The number of rotatable bonds is 8. The van der Waals surface area contributed by atoms with Crippen LogP contribution < -0.4 is 0 Å². The van der Waals surface area contributed by atoms with Gasteiger partial charge in [0.15, 0.2) is 0 Å². The van der Waals surface area contributed by atoms with Crippen LogP contribution >= 0.6 is 11.6 Å². The molecule has 0 aliphatic carbocycles. The molecule has 7 nitrogen and oxygen atoms in total. The monoisotopic (exact) mass is 416 g/mol. The van der Waals surface area contributed by atoms with Crippen LogP contribution in [0.2, 0.25) is 5.02 Å². The number of carboxylic acid groups (broad SMARTS) is 1. The van der Waals surface area contributed by atoms with Crippen molar-refractivity contribution in [3.63, 3.8) is 0 Å². The lowest BCUT2D eigenvalue weighted by atomic mass is 9.98. The number of piperidine rings is 1. The summed E-state index contributed by atoms with van der Waals surface area (Å²) in [7, 11) is -3.62. The highest BCUT2D eigenvalue weighted by Crippen LogP contribution is 2.19. The number of nitrogens with zero attached hydrogens (tertiary/aromatic N) is 2. The minimum Gasteiger partial charge on any atom is -0.481 e. The first-order chi connectivity index (χ1) is 12.7. The summed E-state index contributed by atoms with van der Waals surface area (Å²) in [6.07, 6.45) is 0.943. The van der Waals surface area contributed by atoms with Crippen LogP contribution in [-0.2, 0) is 26.3 Å². The van der Waals surface area contributed by atoms with Gasteiger partial charge < -0.3 is 9.94 Å². The van der Waals surface area contributed by atoms with Crippen LogP contribution in [0.5, 0.6) is 0 Å². The van der Waals surface area contributed by atoms with Gasteiger partial charge in [-0.1, -0.05) is 42.7 Å². The molecule has 0 spiro atoms. The second kappa shape index (κ2) is 9.52. The van der Waals surface area contributed by atoms with Gasteiger partial charge in [-0.15, -0.1) is 0 Å². The molecule has 0 aromatic heterocycles. The van der Waals surface area contributed by atoms with Gasteiger partial charge in [-0.2, -0.15) is 0 Å². The van der Waals surface area contributed by atoms with Gasteiger partial charge in [0.1, 0.15) is 6.61 Å². The van der Waals surface area contributed by atoms with Crippen LogP contribution in [0.1, 0.15) is 32.3 Å². The number of oxime groups is 1. The van der Waals surface area contributed by atoms with Crippen molar-refractivity contribution in [3.05, 3.63) is 34.9 Å². The fraction of sp³-hybridized carbons (Fsp3) is 0.556. The Hall–Kier alpha value is -1.64. The summed E-state index contributed by atoms with van der Waals surface area (Å²) in [5.41, 5.74) is 1.74. The molecule has 1 atom stereocenters. The summed E-state index contributed by atoms with van der Waals surface area (Å²) in [6, 6.07) is 7.26.